The van der Waals surface area contributed by atoms with Crippen LogP contribution in [0.15, 0.2) is 42.5 Å². The molecule has 0 aromatic heterocycles. The molecule has 1 aliphatic heterocycles. The topological polar surface area (TPSA) is 67.9 Å². The quantitative estimate of drug-likeness (QED) is 0.865. The Morgan fingerprint density at radius 3 is 2.82 bits per heavy atom. The average molecular weight is 380 g/mol. The number of ether oxygens (including phenoxy) is 2. The second kappa shape index (κ2) is 7.54. The number of hydrogen-bond donors (Lipinski definition) is 1. The van der Waals surface area contributed by atoms with Crippen LogP contribution in [0.25, 0.3) is 0 Å². The molecule has 6 heteroatoms. The standard InChI is InChI=1S/C22H24N2O4/c1-14-22(26)24(18-7-8-18)13-16-12-17(6-9-20(16)28-14)23-21(25)11-15-4-3-5-19(10-15)27-2/h3-6,9-10,12,14,18H,7-8,11,13H2,1-2H3,(H,23,25). The van der Waals surface area contributed by atoms with E-state index in [0.717, 1.165) is 29.7 Å². The minimum Gasteiger partial charge on any atom is -0.497 e. The minimum atomic E-state index is -0.490. The third-order valence-corrected chi connectivity index (χ3v) is 5.11. The smallest absolute Gasteiger partial charge is 0.263 e. The van der Waals surface area contributed by atoms with Crippen LogP contribution in [0.3, 0.4) is 0 Å². The van der Waals surface area contributed by atoms with Crippen molar-refractivity contribution in [1.82, 2.24) is 4.90 Å². The van der Waals surface area contributed by atoms with Crippen molar-refractivity contribution in [3.8, 4) is 11.5 Å². The summed E-state index contributed by atoms with van der Waals surface area (Å²) >= 11 is 0. The van der Waals surface area contributed by atoms with Crippen molar-refractivity contribution >= 4 is 17.5 Å². The first-order valence-electron chi connectivity index (χ1n) is 9.56. The van der Waals surface area contributed by atoms with Crippen molar-refractivity contribution in [2.24, 2.45) is 0 Å². The molecule has 2 aliphatic rings. The van der Waals surface area contributed by atoms with Gasteiger partial charge in [-0.05, 0) is 55.7 Å². The Labute approximate surface area is 164 Å². The average Bonchev–Trinajstić information content (AvgIpc) is 3.52. The van der Waals surface area contributed by atoms with Crippen LogP contribution in [0.4, 0.5) is 5.69 Å². The van der Waals surface area contributed by atoms with Crippen LogP contribution < -0.4 is 14.8 Å². The first kappa shape index (κ1) is 18.3. The maximum atomic E-state index is 12.5. The summed E-state index contributed by atoms with van der Waals surface area (Å²) in [6.07, 6.45) is 1.86. The molecule has 2 amide bonds. The zero-order chi connectivity index (χ0) is 19.7. The molecular formula is C22H24N2O4. The lowest BCUT2D eigenvalue weighted by Crippen LogP contribution is -2.39. The number of carbonyl (C=O) groups is 2. The third kappa shape index (κ3) is 3.96. The molecule has 1 atom stereocenters. The molecule has 4 rings (SSSR count). The molecule has 2 aromatic carbocycles. The molecule has 1 heterocycles. The summed E-state index contributed by atoms with van der Waals surface area (Å²) in [7, 11) is 1.60. The zero-order valence-corrected chi connectivity index (χ0v) is 16.1. The molecule has 1 saturated carbocycles. The second-order valence-corrected chi connectivity index (χ2v) is 7.36. The molecule has 2 aromatic rings. The number of methoxy groups -OCH3 is 1. The predicted molar refractivity (Wildman–Crippen MR) is 105 cm³/mol. The maximum Gasteiger partial charge on any atom is 0.263 e. The van der Waals surface area contributed by atoms with Crippen LogP contribution in [0.1, 0.15) is 30.9 Å². The van der Waals surface area contributed by atoms with Gasteiger partial charge in [-0.3, -0.25) is 9.59 Å². The van der Waals surface area contributed by atoms with Gasteiger partial charge in [0.05, 0.1) is 13.5 Å². The van der Waals surface area contributed by atoms with Gasteiger partial charge in [0.2, 0.25) is 5.91 Å². The van der Waals surface area contributed by atoms with Gasteiger partial charge in [-0.15, -0.1) is 0 Å². The summed E-state index contributed by atoms with van der Waals surface area (Å²) in [5, 5.41) is 2.94. The van der Waals surface area contributed by atoms with E-state index in [1.54, 1.807) is 14.0 Å². The van der Waals surface area contributed by atoms with Gasteiger partial charge < -0.3 is 19.7 Å². The normalized spacial score (nSPS) is 18.7. The van der Waals surface area contributed by atoms with Gasteiger partial charge in [0.1, 0.15) is 11.5 Å². The van der Waals surface area contributed by atoms with E-state index in [2.05, 4.69) is 5.32 Å². The highest BCUT2D eigenvalue weighted by atomic mass is 16.5. The Morgan fingerprint density at radius 1 is 1.25 bits per heavy atom. The zero-order valence-electron chi connectivity index (χ0n) is 16.1. The summed E-state index contributed by atoms with van der Waals surface area (Å²) in [4.78, 5) is 26.9. The highest BCUT2D eigenvalue weighted by Crippen LogP contribution is 2.35. The lowest BCUT2D eigenvalue weighted by atomic mass is 10.1. The van der Waals surface area contributed by atoms with Crippen LogP contribution in [0, 0.1) is 0 Å². The molecule has 0 radical (unpaired) electrons. The van der Waals surface area contributed by atoms with Crippen LogP contribution in [-0.4, -0.2) is 36.0 Å². The molecule has 0 bridgehead atoms. The molecule has 0 saturated heterocycles. The number of anilines is 1. The molecular weight excluding hydrogens is 356 g/mol. The van der Waals surface area contributed by atoms with Crippen LogP contribution in [-0.2, 0) is 22.6 Å². The first-order valence-corrected chi connectivity index (χ1v) is 9.56. The van der Waals surface area contributed by atoms with E-state index in [1.807, 2.05) is 47.4 Å². The van der Waals surface area contributed by atoms with Crippen molar-refractivity contribution in [2.75, 3.05) is 12.4 Å². The molecule has 1 fully saturated rings. The number of hydrogen-bond acceptors (Lipinski definition) is 4. The van der Waals surface area contributed by atoms with E-state index in [1.165, 1.54) is 0 Å². The van der Waals surface area contributed by atoms with E-state index in [9.17, 15) is 9.59 Å². The molecule has 1 unspecified atom stereocenters. The van der Waals surface area contributed by atoms with Crippen LogP contribution in [0.2, 0.25) is 0 Å². The summed E-state index contributed by atoms with van der Waals surface area (Å²) in [5.41, 5.74) is 2.51. The number of rotatable bonds is 5. The Bertz CT molecular complexity index is 907. The van der Waals surface area contributed by atoms with Gasteiger partial charge in [0.15, 0.2) is 6.10 Å². The van der Waals surface area contributed by atoms with Crippen LogP contribution in [0.5, 0.6) is 11.5 Å². The summed E-state index contributed by atoms with van der Waals surface area (Å²) in [6.45, 7) is 2.30. The largest absolute Gasteiger partial charge is 0.497 e. The highest BCUT2D eigenvalue weighted by Gasteiger charge is 2.37. The van der Waals surface area contributed by atoms with Gasteiger partial charge in [0.25, 0.3) is 5.91 Å². The Hall–Kier alpha value is -3.02. The lowest BCUT2D eigenvalue weighted by molar-refractivity contribution is -0.138. The SMILES string of the molecule is COc1cccc(CC(=O)Nc2ccc3c(c2)CN(C2CC2)C(=O)C(C)O3)c1. The second-order valence-electron chi connectivity index (χ2n) is 7.36. The van der Waals surface area contributed by atoms with E-state index >= 15 is 0 Å². The van der Waals surface area contributed by atoms with Crippen molar-refractivity contribution < 1.29 is 19.1 Å². The predicted octanol–water partition coefficient (Wildman–Crippen LogP) is 3.15. The molecule has 1 aliphatic carbocycles. The number of fused-ring (bicyclic) bond motifs is 1. The van der Waals surface area contributed by atoms with Crippen LogP contribution >= 0.6 is 0 Å². The third-order valence-electron chi connectivity index (χ3n) is 5.11. The fourth-order valence-corrected chi connectivity index (χ4v) is 3.50. The van der Waals surface area contributed by atoms with Crippen molar-refractivity contribution in [2.45, 2.75) is 44.9 Å². The van der Waals surface area contributed by atoms with Gasteiger partial charge in [0, 0.05) is 23.8 Å². The Balaban J connectivity index is 1.48. The molecule has 6 nitrogen and oxygen atoms in total. The number of nitrogens with zero attached hydrogens (tertiary/aromatic N) is 1. The van der Waals surface area contributed by atoms with E-state index in [-0.39, 0.29) is 18.2 Å². The Kier molecular flexibility index (Phi) is 4.94. The van der Waals surface area contributed by atoms with Crippen molar-refractivity contribution in [1.29, 1.82) is 0 Å². The maximum absolute atomic E-state index is 12.5. The van der Waals surface area contributed by atoms with Gasteiger partial charge in [-0.25, -0.2) is 0 Å². The monoisotopic (exact) mass is 380 g/mol. The lowest BCUT2D eigenvalue weighted by Gasteiger charge is -2.21. The minimum absolute atomic E-state index is 0.0299. The summed E-state index contributed by atoms with van der Waals surface area (Å²) in [5.74, 6) is 1.36. The first-order chi connectivity index (χ1) is 13.5. The number of carbonyl (C=O) groups excluding carboxylic acids is 2. The van der Waals surface area contributed by atoms with E-state index < -0.39 is 6.10 Å². The highest BCUT2D eigenvalue weighted by molar-refractivity contribution is 5.92. The molecule has 28 heavy (non-hydrogen) atoms. The summed E-state index contributed by atoms with van der Waals surface area (Å²) in [6, 6.07) is 13.3. The number of nitrogens with one attached hydrogen (secondary N) is 1. The van der Waals surface area contributed by atoms with Gasteiger partial charge in [-0.2, -0.15) is 0 Å². The summed E-state index contributed by atoms with van der Waals surface area (Å²) < 4.78 is 11.0. The van der Waals surface area contributed by atoms with Gasteiger partial charge in [-0.1, -0.05) is 12.1 Å². The molecule has 1 N–H and O–H groups in total. The molecule has 0 spiro atoms. The van der Waals surface area contributed by atoms with Crippen molar-refractivity contribution in [3.05, 3.63) is 53.6 Å². The number of amides is 2. The fraction of sp³-hybridized carbons (Fsp3) is 0.364. The van der Waals surface area contributed by atoms with Crippen molar-refractivity contribution in [3.63, 3.8) is 0 Å². The number of benzene rings is 2. The van der Waals surface area contributed by atoms with E-state index in [4.69, 9.17) is 9.47 Å². The molecule has 146 valence electrons. The Morgan fingerprint density at radius 2 is 2.07 bits per heavy atom. The fourth-order valence-electron chi connectivity index (χ4n) is 3.50. The van der Waals surface area contributed by atoms with Gasteiger partial charge >= 0.3 is 0 Å². The van der Waals surface area contributed by atoms with E-state index in [0.29, 0.717) is 24.0 Å².